The minimum Gasteiger partial charge on any atom is -0.506 e. The van der Waals surface area contributed by atoms with Gasteiger partial charge in [0.05, 0.1) is 5.52 Å². The molecular formula is C8H9N3O. The lowest BCUT2D eigenvalue weighted by Gasteiger charge is -1.97. The molecule has 1 heterocycles. The van der Waals surface area contributed by atoms with Crippen LogP contribution in [0.3, 0.4) is 0 Å². The molecule has 0 aliphatic carbocycles. The van der Waals surface area contributed by atoms with Crippen molar-refractivity contribution in [2.45, 2.75) is 6.92 Å². The van der Waals surface area contributed by atoms with E-state index in [1.807, 2.05) is 20.0 Å². The quantitative estimate of drug-likeness (QED) is 0.629. The lowest BCUT2D eigenvalue weighted by atomic mass is 10.2. The molecule has 1 aromatic carbocycles. The van der Waals surface area contributed by atoms with Gasteiger partial charge in [0.15, 0.2) is 5.52 Å². The van der Waals surface area contributed by atoms with Crippen molar-refractivity contribution < 1.29 is 5.11 Å². The van der Waals surface area contributed by atoms with E-state index in [1.54, 1.807) is 10.7 Å². The van der Waals surface area contributed by atoms with Crippen LogP contribution in [0.1, 0.15) is 5.56 Å². The van der Waals surface area contributed by atoms with Crippen LogP contribution in [0, 0.1) is 6.92 Å². The Hall–Kier alpha value is -1.58. The Morgan fingerprint density at radius 1 is 1.42 bits per heavy atom. The Labute approximate surface area is 69.4 Å². The van der Waals surface area contributed by atoms with Crippen LogP contribution in [-0.4, -0.2) is 20.1 Å². The highest BCUT2D eigenvalue weighted by molar-refractivity contribution is 5.83. The van der Waals surface area contributed by atoms with Crippen LogP contribution in [0.2, 0.25) is 0 Å². The number of rotatable bonds is 0. The van der Waals surface area contributed by atoms with Crippen LogP contribution in [0.25, 0.3) is 11.0 Å². The van der Waals surface area contributed by atoms with Crippen LogP contribution < -0.4 is 0 Å². The SMILES string of the molecule is Cc1ccc(O)c2nnn(C)c12. The van der Waals surface area contributed by atoms with Gasteiger partial charge in [-0.25, -0.2) is 4.68 Å². The third-order valence-corrected chi connectivity index (χ3v) is 1.93. The molecule has 0 fully saturated rings. The number of aromatic nitrogens is 3. The summed E-state index contributed by atoms with van der Waals surface area (Å²) in [6.45, 7) is 1.96. The second-order valence-corrected chi connectivity index (χ2v) is 2.81. The van der Waals surface area contributed by atoms with Crippen LogP contribution in [-0.2, 0) is 7.05 Å². The average Bonchev–Trinajstić information content (AvgIpc) is 2.42. The van der Waals surface area contributed by atoms with Gasteiger partial charge in [0.2, 0.25) is 0 Å². The number of aryl methyl sites for hydroxylation is 2. The van der Waals surface area contributed by atoms with Gasteiger partial charge in [-0.2, -0.15) is 0 Å². The van der Waals surface area contributed by atoms with E-state index in [4.69, 9.17) is 0 Å². The molecule has 4 heteroatoms. The summed E-state index contributed by atoms with van der Waals surface area (Å²) in [5.41, 5.74) is 2.52. The molecule has 12 heavy (non-hydrogen) atoms. The first-order valence-electron chi connectivity index (χ1n) is 3.68. The Morgan fingerprint density at radius 2 is 2.17 bits per heavy atom. The number of phenolic OH excluding ortho intramolecular Hbond substituents is 1. The van der Waals surface area contributed by atoms with Gasteiger partial charge < -0.3 is 5.11 Å². The maximum atomic E-state index is 9.39. The predicted octanol–water partition coefficient (Wildman–Crippen LogP) is 0.982. The van der Waals surface area contributed by atoms with Gasteiger partial charge in [0, 0.05) is 7.05 Å². The van der Waals surface area contributed by atoms with Gasteiger partial charge in [-0.1, -0.05) is 11.3 Å². The first kappa shape index (κ1) is 7.09. The Balaban J connectivity index is 2.98. The van der Waals surface area contributed by atoms with Crippen LogP contribution in [0.4, 0.5) is 0 Å². The molecule has 2 aromatic rings. The van der Waals surface area contributed by atoms with Crippen molar-refractivity contribution in [3.05, 3.63) is 17.7 Å². The monoisotopic (exact) mass is 163 g/mol. The largest absolute Gasteiger partial charge is 0.506 e. The zero-order valence-electron chi connectivity index (χ0n) is 6.94. The van der Waals surface area contributed by atoms with Gasteiger partial charge >= 0.3 is 0 Å². The van der Waals surface area contributed by atoms with Crippen molar-refractivity contribution >= 4 is 11.0 Å². The summed E-state index contributed by atoms with van der Waals surface area (Å²) in [6.07, 6.45) is 0. The number of aromatic hydroxyl groups is 1. The van der Waals surface area contributed by atoms with Gasteiger partial charge in [0.25, 0.3) is 0 Å². The van der Waals surface area contributed by atoms with Crippen molar-refractivity contribution in [2.75, 3.05) is 0 Å². The van der Waals surface area contributed by atoms with Crippen LogP contribution in [0.5, 0.6) is 5.75 Å². The van der Waals surface area contributed by atoms with E-state index in [2.05, 4.69) is 10.3 Å². The average molecular weight is 163 g/mol. The molecule has 62 valence electrons. The zero-order valence-corrected chi connectivity index (χ0v) is 6.94. The number of hydrogen-bond acceptors (Lipinski definition) is 3. The number of hydrogen-bond donors (Lipinski definition) is 1. The van der Waals surface area contributed by atoms with Crippen molar-refractivity contribution in [3.8, 4) is 5.75 Å². The molecule has 0 saturated heterocycles. The minimum absolute atomic E-state index is 0.184. The number of benzene rings is 1. The highest BCUT2D eigenvalue weighted by atomic mass is 16.3. The normalized spacial score (nSPS) is 10.8. The molecule has 1 N–H and O–H groups in total. The first-order chi connectivity index (χ1) is 5.70. The van der Waals surface area contributed by atoms with Crippen LogP contribution >= 0.6 is 0 Å². The van der Waals surface area contributed by atoms with Crippen LogP contribution in [0.15, 0.2) is 12.1 Å². The fourth-order valence-corrected chi connectivity index (χ4v) is 1.33. The second-order valence-electron chi connectivity index (χ2n) is 2.81. The molecule has 1 aromatic heterocycles. The smallest absolute Gasteiger partial charge is 0.155 e. The Morgan fingerprint density at radius 3 is 2.83 bits per heavy atom. The number of fused-ring (bicyclic) bond motifs is 1. The topological polar surface area (TPSA) is 50.9 Å². The maximum absolute atomic E-state index is 9.39. The maximum Gasteiger partial charge on any atom is 0.155 e. The summed E-state index contributed by atoms with van der Waals surface area (Å²) < 4.78 is 1.66. The third-order valence-electron chi connectivity index (χ3n) is 1.93. The standard InChI is InChI=1S/C8H9N3O/c1-5-3-4-6(12)7-8(5)11(2)10-9-7/h3-4,12H,1-2H3. The molecule has 0 unspecified atom stereocenters. The summed E-state index contributed by atoms with van der Waals surface area (Å²) in [5, 5.41) is 17.1. The molecule has 0 aliphatic rings. The predicted molar refractivity (Wildman–Crippen MR) is 44.9 cm³/mol. The molecule has 0 saturated carbocycles. The summed E-state index contributed by atoms with van der Waals surface area (Å²) >= 11 is 0. The summed E-state index contributed by atoms with van der Waals surface area (Å²) in [4.78, 5) is 0. The Bertz CT molecular complexity index is 433. The molecule has 0 bridgehead atoms. The van der Waals surface area contributed by atoms with E-state index >= 15 is 0 Å². The summed E-state index contributed by atoms with van der Waals surface area (Å²) in [7, 11) is 1.81. The highest BCUT2D eigenvalue weighted by Gasteiger charge is 2.07. The lowest BCUT2D eigenvalue weighted by Crippen LogP contribution is -1.91. The molecule has 0 spiro atoms. The third kappa shape index (κ3) is 0.777. The molecule has 0 aliphatic heterocycles. The molecule has 0 radical (unpaired) electrons. The van der Waals surface area contributed by atoms with E-state index in [0.29, 0.717) is 5.52 Å². The highest BCUT2D eigenvalue weighted by Crippen LogP contribution is 2.23. The van der Waals surface area contributed by atoms with E-state index in [9.17, 15) is 5.11 Å². The van der Waals surface area contributed by atoms with Crippen molar-refractivity contribution in [3.63, 3.8) is 0 Å². The molecule has 0 amide bonds. The van der Waals surface area contributed by atoms with E-state index < -0.39 is 0 Å². The van der Waals surface area contributed by atoms with Crippen molar-refractivity contribution in [1.82, 2.24) is 15.0 Å². The molecule has 0 atom stereocenters. The number of nitrogens with zero attached hydrogens (tertiary/aromatic N) is 3. The van der Waals surface area contributed by atoms with E-state index in [0.717, 1.165) is 11.1 Å². The second kappa shape index (κ2) is 2.20. The zero-order chi connectivity index (χ0) is 8.72. The summed E-state index contributed by atoms with van der Waals surface area (Å²) in [5.74, 6) is 0.184. The van der Waals surface area contributed by atoms with Crippen molar-refractivity contribution in [1.29, 1.82) is 0 Å². The van der Waals surface area contributed by atoms with E-state index in [1.165, 1.54) is 0 Å². The fourth-order valence-electron chi connectivity index (χ4n) is 1.33. The minimum atomic E-state index is 0.184. The van der Waals surface area contributed by atoms with Crippen molar-refractivity contribution in [2.24, 2.45) is 7.05 Å². The first-order valence-corrected chi connectivity index (χ1v) is 3.68. The molecular weight excluding hydrogens is 154 g/mol. The van der Waals surface area contributed by atoms with Gasteiger partial charge in [0.1, 0.15) is 5.75 Å². The van der Waals surface area contributed by atoms with Gasteiger partial charge in [-0.15, -0.1) is 5.10 Å². The molecule has 4 nitrogen and oxygen atoms in total. The molecule has 2 rings (SSSR count). The lowest BCUT2D eigenvalue weighted by molar-refractivity contribution is 0.480. The van der Waals surface area contributed by atoms with E-state index in [-0.39, 0.29) is 5.75 Å². The Kier molecular flexibility index (Phi) is 1.30. The fraction of sp³-hybridized carbons (Fsp3) is 0.250. The van der Waals surface area contributed by atoms with Gasteiger partial charge in [-0.05, 0) is 18.6 Å². The number of phenols is 1. The summed E-state index contributed by atoms with van der Waals surface area (Å²) in [6, 6.07) is 3.48. The van der Waals surface area contributed by atoms with Gasteiger partial charge in [-0.3, -0.25) is 0 Å².